The summed E-state index contributed by atoms with van der Waals surface area (Å²) in [5.74, 6) is -0.281. The molecule has 1 unspecified atom stereocenters. The van der Waals surface area contributed by atoms with E-state index >= 15 is 0 Å². The Kier molecular flexibility index (Phi) is 9.84. The Labute approximate surface area is 221 Å². The van der Waals surface area contributed by atoms with E-state index in [-0.39, 0.29) is 18.3 Å². The molecular formula is C31H40FN3O2. The summed E-state index contributed by atoms with van der Waals surface area (Å²) in [5.41, 5.74) is 4.66. The van der Waals surface area contributed by atoms with Crippen LogP contribution in [0.5, 0.6) is 0 Å². The number of benzene rings is 3. The van der Waals surface area contributed by atoms with E-state index in [1.165, 1.54) is 22.8 Å². The standard InChI is InChI=1S/C31H40FN3O2/c1-22(24-15-17-26(18-16-24)25-13-11-23(12-14-25)21-35(5)6)31(2,3)37-30(33-4)34-29(19-20-36)27-9-7-8-10-28(27)32/h7-18,22,29,36H,19-21H2,1-6H3,(H,33,34)/t22?,29-/m0/s1. The molecule has 37 heavy (non-hydrogen) atoms. The second kappa shape index (κ2) is 12.8. The van der Waals surface area contributed by atoms with Crippen LogP contribution in [0.4, 0.5) is 4.39 Å². The summed E-state index contributed by atoms with van der Waals surface area (Å²) in [7, 11) is 5.78. The lowest BCUT2D eigenvalue weighted by molar-refractivity contribution is 0.0622. The maximum atomic E-state index is 14.4. The first-order chi connectivity index (χ1) is 17.6. The van der Waals surface area contributed by atoms with Crippen LogP contribution in [-0.2, 0) is 11.3 Å². The van der Waals surface area contributed by atoms with E-state index in [4.69, 9.17) is 4.74 Å². The SMILES string of the molecule is CN=C(N[C@@H](CCO)c1ccccc1F)OC(C)(C)C(C)c1ccc(-c2ccc(CN(C)C)cc2)cc1. The van der Waals surface area contributed by atoms with Gasteiger partial charge in [-0.15, -0.1) is 0 Å². The second-order valence-corrected chi connectivity index (χ2v) is 10.2. The van der Waals surface area contributed by atoms with Crippen LogP contribution in [0.3, 0.4) is 0 Å². The van der Waals surface area contributed by atoms with Crippen LogP contribution in [0.2, 0.25) is 0 Å². The van der Waals surface area contributed by atoms with Crippen LogP contribution in [0.15, 0.2) is 77.8 Å². The monoisotopic (exact) mass is 505 g/mol. The maximum Gasteiger partial charge on any atom is 0.285 e. The zero-order valence-corrected chi connectivity index (χ0v) is 22.8. The normalized spacial score (nSPS) is 13.9. The number of hydrogen-bond acceptors (Lipinski definition) is 4. The molecule has 5 nitrogen and oxygen atoms in total. The molecule has 3 aromatic carbocycles. The van der Waals surface area contributed by atoms with Crippen molar-refractivity contribution in [2.24, 2.45) is 4.99 Å². The number of aliphatic hydroxyl groups excluding tert-OH is 1. The van der Waals surface area contributed by atoms with Crippen molar-refractivity contribution in [3.8, 4) is 11.1 Å². The maximum absolute atomic E-state index is 14.4. The number of aliphatic imine (C=N–C) groups is 1. The zero-order chi connectivity index (χ0) is 27.0. The second-order valence-electron chi connectivity index (χ2n) is 10.2. The first-order valence-electron chi connectivity index (χ1n) is 12.8. The van der Waals surface area contributed by atoms with Gasteiger partial charge >= 0.3 is 0 Å². The summed E-state index contributed by atoms with van der Waals surface area (Å²) in [6.45, 7) is 7.00. The highest BCUT2D eigenvalue weighted by Crippen LogP contribution is 2.33. The van der Waals surface area contributed by atoms with Gasteiger partial charge in [0.2, 0.25) is 0 Å². The fourth-order valence-electron chi connectivity index (χ4n) is 4.35. The molecule has 0 bridgehead atoms. The minimum absolute atomic E-state index is 0.0484. The van der Waals surface area contributed by atoms with Crippen molar-refractivity contribution >= 4 is 6.02 Å². The summed E-state index contributed by atoms with van der Waals surface area (Å²) in [4.78, 5) is 6.44. The van der Waals surface area contributed by atoms with Gasteiger partial charge < -0.3 is 20.1 Å². The zero-order valence-electron chi connectivity index (χ0n) is 22.8. The minimum atomic E-state index is -0.601. The summed E-state index contributed by atoms with van der Waals surface area (Å²) in [5, 5.41) is 12.7. The van der Waals surface area contributed by atoms with Gasteiger partial charge in [-0.1, -0.05) is 73.7 Å². The van der Waals surface area contributed by atoms with E-state index in [0.29, 0.717) is 18.0 Å². The molecule has 0 saturated heterocycles. The first kappa shape index (κ1) is 28.4. The smallest absolute Gasteiger partial charge is 0.285 e. The lowest BCUT2D eigenvalue weighted by Crippen LogP contribution is -2.41. The van der Waals surface area contributed by atoms with Gasteiger partial charge in [-0.2, -0.15) is 0 Å². The minimum Gasteiger partial charge on any atom is -0.459 e. The molecule has 0 aliphatic carbocycles. The molecule has 6 heteroatoms. The number of nitrogens with zero attached hydrogens (tertiary/aromatic N) is 2. The summed E-state index contributed by atoms with van der Waals surface area (Å²) >= 11 is 0. The Bertz CT molecular complexity index is 1160. The van der Waals surface area contributed by atoms with Crippen LogP contribution in [-0.4, -0.2) is 49.4 Å². The van der Waals surface area contributed by atoms with Gasteiger partial charge in [0.1, 0.15) is 11.4 Å². The fraction of sp³-hybridized carbons (Fsp3) is 0.387. The third kappa shape index (κ3) is 7.63. The van der Waals surface area contributed by atoms with E-state index in [1.807, 2.05) is 13.8 Å². The fourth-order valence-corrected chi connectivity index (χ4v) is 4.35. The molecule has 0 aliphatic rings. The number of ether oxygens (including phenoxy) is 1. The average Bonchev–Trinajstić information content (AvgIpc) is 2.88. The van der Waals surface area contributed by atoms with E-state index in [0.717, 1.165) is 12.1 Å². The summed E-state index contributed by atoms with van der Waals surface area (Å²) in [6.07, 6.45) is 0.330. The van der Waals surface area contributed by atoms with E-state index < -0.39 is 11.6 Å². The van der Waals surface area contributed by atoms with Gasteiger partial charge in [-0.3, -0.25) is 0 Å². The van der Waals surface area contributed by atoms with Gasteiger partial charge in [0.25, 0.3) is 6.02 Å². The molecule has 198 valence electrons. The average molecular weight is 506 g/mol. The van der Waals surface area contributed by atoms with Crippen LogP contribution >= 0.6 is 0 Å². The molecule has 0 spiro atoms. The Morgan fingerprint density at radius 1 is 1.00 bits per heavy atom. The van der Waals surface area contributed by atoms with Crippen LogP contribution in [0.1, 0.15) is 55.8 Å². The predicted octanol–water partition coefficient (Wildman–Crippen LogP) is 6.15. The molecular weight excluding hydrogens is 465 g/mol. The number of aliphatic hydroxyl groups is 1. The van der Waals surface area contributed by atoms with Crippen molar-refractivity contribution in [1.82, 2.24) is 10.2 Å². The van der Waals surface area contributed by atoms with Crippen molar-refractivity contribution in [3.63, 3.8) is 0 Å². The van der Waals surface area contributed by atoms with Crippen LogP contribution in [0.25, 0.3) is 11.1 Å². The van der Waals surface area contributed by atoms with Crippen molar-refractivity contribution in [2.75, 3.05) is 27.7 Å². The third-order valence-corrected chi connectivity index (χ3v) is 6.80. The number of rotatable bonds is 10. The number of amidine groups is 1. The Morgan fingerprint density at radius 3 is 2.14 bits per heavy atom. The lowest BCUT2D eigenvalue weighted by Gasteiger charge is -2.34. The topological polar surface area (TPSA) is 57.1 Å². The molecule has 3 aromatic rings. The molecule has 3 rings (SSSR count). The summed E-state index contributed by atoms with van der Waals surface area (Å²) < 4.78 is 20.8. The molecule has 0 amide bonds. The Hall–Kier alpha value is -3.22. The van der Waals surface area contributed by atoms with Gasteiger partial charge in [0, 0.05) is 31.7 Å². The van der Waals surface area contributed by atoms with Crippen LogP contribution < -0.4 is 5.32 Å². The van der Waals surface area contributed by atoms with Crippen LogP contribution in [0, 0.1) is 5.82 Å². The third-order valence-electron chi connectivity index (χ3n) is 6.80. The van der Waals surface area contributed by atoms with Crippen molar-refractivity contribution < 1.29 is 14.2 Å². The lowest BCUT2D eigenvalue weighted by atomic mass is 9.85. The molecule has 2 N–H and O–H groups in total. The summed E-state index contributed by atoms with van der Waals surface area (Å²) in [6, 6.07) is 23.7. The van der Waals surface area contributed by atoms with Crippen molar-refractivity contribution in [1.29, 1.82) is 0 Å². The Balaban J connectivity index is 1.71. The Morgan fingerprint density at radius 2 is 1.59 bits per heavy atom. The predicted molar refractivity (Wildman–Crippen MR) is 150 cm³/mol. The van der Waals surface area contributed by atoms with Crippen molar-refractivity contribution in [3.05, 3.63) is 95.3 Å². The molecule has 0 fully saturated rings. The van der Waals surface area contributed by atoms with Gasteiger partial charge in [-0.05, 0) is 62.7 Å². The molecule has 0 aliphatic heterocycles. The first-order valence-corrected chi connectivity index (χ1v) is 12.8. The van der Waals surface area contributed by atoms with E-state index in [2.05, 4.69) is 84.8 Å². The molecule has 0 heterocycles. The highest BCUT2D eigenvalue weighted by atomic mass is 19.1. The van der Waals surface area contributed by atoms with Gasteiger partial charge in [0.15, 0.2) is 0 Å². The van der Waals surface area contributed by atoms with Gasteiger partial charge in [-0.25, -0.2) is 9.38 Å². The molecule has 0 aromatic heterocycles. The highest BCUT2D eigenvalue weighted by Gasteiger charge is 2.31. The number of nitrogens with one attached hydrogen (secondary N) is 1. The van der Waals surface area contributed by atoms with E-state index in [1.54, 1.807) is 25.2 Å². The molecule has 0 saturated carbocycles. The number of halogens is 1. The van der Waals surface area contributed by atoms with Crippen molar-refractivity contribution in [2.45, 2.75) is 51.3 Å². The highest BCUT2D eigenvalue weighted by molar-refractivity contribution is 5.74. The number of hydrogen-bond donors (Lipinski definition) is 2. The van der Waals surface area contributed by atoms with E-state index in [9.17, 15) is 9.50 Å². The molecule has 0 radical (unpaired) electrons. The molecule has 2 atom stereocenters. The largest absolute Gasteiger partial charge is 0.459 e. The van der Waals surface area contributed by atoms with Gasteiger partial charge in [0.05, 0.1) is 6.04 Å². The quantitative estimate of drug-likeness (QED) is 0.256.